The van der Waals surface area contributed by atoms with Crippen molar-refractivity contribution in [1.82, 2.24) is 4.57 Å². The zero-order chi connectivity index (χ0) is 30.5. The lowest BCUT2D eigenvalue weighted by atomic mass is 9.93. The zero-order valence-corrected chi connectivity index (χ0v) is 27.9. The van der Waals surface area contributed by atoms with E-state index in [2.05, 4.69) is 31.9 Å². The summed E-state index contributed by atoms with van der Waals surface area (Å²) in [6.07, 6.45) is 3.16. The number of thiazole rings is 1. The molecule has 43 heavy (non-hydrogen) atoms. The lowest BCUT2D eigenvalue weighted by Crippen LogP contribution is -2.40. The standard InChI is InChI=1S/C33H30Br2N2O5S/c1-4-9-25-29(32(39)41-5-2)30(23-18-22(34)13-15-26(23)40-3)37-31(38)28(43-33(37)36-25)17-21-12-14-27(24(35)16-21)42-19-20-10-7-6-8-11-20/h6-8,10-18,30H,4-5,9,19H2,1-3H3/b28-17+/t30-/m1/s1. The number of esters is 1. The Kier molecular flexibility index (Phi) is 10.00. The van der Waals surface area contributed by atoms with Crippen molar-refractivity contribution in [3.8, 4) is 11.5 Å². The van der Waals surface area contributed by atoms with Crippen LogP contribution in [-0.2, 0) is 16.1 Å². The Balaban J connectivity index is 1.62. The third-order valence-corrected chi connectivity index (χ3v) is 8.97. The van der Waals surface area contributed by atoms with Crippen LogP contribution in [0, 0.1) is 0 Å². The Morgan fingerprint density at radius 1 is 1.05 bits per heavy atom. The summed E-state index contributed by atoms with van der Waals surface area (Å²) in [5, 5.41) is 0. The summed E-state index contributed by atoms with van der Waals surface area (Å²) in [4.78, 5) is 32.9. The average molecular weight is 726 g/mol. The van der Waals surface area contributed by atoms with Crippen molar-refractivity contribution in [2.45, 2.75) is 39.3 Å². The van der Waals surface area contributed by atoms with Gasteiger partial charge in [0.1, 0.15) is 24.1 Å². The minimum atomic E-state index is -0.771. The van der Waals surface area contributed by atoms with Gasteiger partial charge < -0.3 is 14.2 Å². The van der Waals surface area contributed by atoms with Crippen molar-refractivity contribution in [3.63, 3.8) is 0 Å². The molecule has 2 heterocycles. The molecule has 1 aliphatic rings. The molecule has 0 aliphatic carbocycles. The SMILES string of the molecule is CCCC1=C(C(=O)OCC)[C@@H](c2cc(Br)ccc2OC)n2c(s/c(=C/c3ccc(OCc4ccccc4)c(Br)c3)c2=O)=N1. The highest BCUT2D eigenvalue weighted by atomic mass is 79.9. The third kappa shape index (κ3) is 6.71. The topological polar surface area (TPSA) is 79.1 Å². The van der Waals surface area contributed by atoms with Gasteiger partial charge in [-0.2, -0.15) is 0 Å². The predicted molar refractivity (Wildman–Crippen MR) is 175 cm³/mol. The van der Waals surface area contributed by atoms with Crippen LogP contribution in [0.15, 0.2) is 96.7 Å². The molecule has 0 unspecified atom stereocenters. The van der Waals surface area contributed by atoms with E-state index in [9.17, 15) is 9.59 Å². The summed E-state index contributed by atoms with van der Waals surface area (Å²) in [5.74, 6) is 0.760. The number of benzene rings is 3. The fourth-order valence-corrected chi connectivity index (χ4v) is 6.85. The van der Waals surface area contributed by atoms with Crippen LogP contribution in [0.2, 0.25) is 0 Å². The van der Waals surface area contributed by atoms with E-state index in [1.807, 2.05) is 79.7 Å². The van der Waals surface area contributed by atoms with Crippen LogP contribution in [0.1, 0.15) is 49.4 Å². The number of hydrogen-bond donors (Lipinski definition) is 0. The smallest absolute Gasteiger partial charge is 0.338 e. The van der Waals surface area contributed by atoms with Gasteiger partial charge in [0.25, 0.3) is 5.56 Å². The van der Waals surface area contributed by atoms with E-state index in [0.29, 0.717) is 50.7 Å². The minimum absolute atomic E-state index is 0.203. The Bertz CT molecular complexity index is 1860. The quantitative estimate of drug-likeness (QED) is 0.170. The molecule has 3 aromatic carbocycles. The molecule has 0 N–H and O–H groups in total. The van der Waals surface area contributed by atoms with Gasteiger partial charge in [-0.05, 0) is 76.8 Å². The highest BCUT2D eigenvalue weighted by Crippen LogP contribution is 2.38. The van der Waals surface area contributed by atoms with E-state index in [4.69, 9.17) is 19.2 Å². The van der Waals surface area contributed by atoms with Crippen molar-refractivity contribution in [2.75, 3.05) is 13.7 Å². The van der Waals surface area contributed by atoms with Gasteiger partial charge in [0.2, 0.25) is 0 Å². The second kappa shape index (κ2) is 13.9. The first-order valence-corrected chi connectivity index (χ1v) is 16.3. The highest BCUT2D eigenvalue weighted by molar-refractivity contribution is 9.10. The maximum absolute atomic E-state index is 14.1. The van der Waals surface area contributed by atoms with E-state index in [-0.39, 0.29) is 12.2 Å². The summed E-state index contributed by atoms with van der Waals surface area (Å²) in [5.41, 5.74) is 3.26. The van der Waals surface area contributed by atoms with E-state index >= 15 is 0 Å². The summed E-state index contributed by atoms with van der Waals surface area (Å²) in [6.45, 7) is 4.44. The van der Waals surface area contributed by atoms with Gasteiger partial charge in [-0.3, -0.25) is 9.36 Å². The van der Waals surface area contributed by atoms with Crippen molar-refractivity contribution < 1.29 is 19.0 Å². The van der Waals surface area contributed by atoms with Gasteiger partial charge in [0.15, 0.2) is 4.80 Å². The molecule has 1 aliphatic heterocycles. The number of halogens is 2. The van der Waals surface area contributed by atoms with E-state index in [1.54, 1.807) is 18.6 Å². The Labute approximate surface area is 270 Å². The predicted octanol–water partition coefficient (Wildman–Crippen LogP) is 6.69. The number of ether oxygens (including phenoxy) is 3. The molecule has 1 aromatic heterocycles. The summed E-state index contributed by atoms with van der Waals surface area (Å²) in [7, 11) is 1.57. The van der Waals surface area contributed by atoms with Crippen LogP contribution in [-0.4, -0.2) is 24.3 Å². The van der Waals surface area contributed by atoms with E-state index in [1.165, 1.54) is 11.3 Å². The molecule has 4 aromatic rings. The number of aromatic nitrogens is 1. The molecule has 0 spiro atoms. The lowest BCUT2D eigenvalue weighted by molar-refractivity contribution is -0.139. The fourth-order valence-electron chi connectivity index (χ4n) is 4.94. The first kappa shape index (κ1) is 31.0. The van der Waals surface area contributed by atoms with Crippen LogP contribution in [0.4, 0.5) is 0 Å². The largest absolute Gasteiger partial charge is 0.496 e. The van der Waals surface area contributed by atoms with Crippen molar-refractivity contribution in [2.24, 2.45) is 4.99 Å². The molecule has 0 saturated carbocycles. The minimum Gasteiger partial charge on any atom is -0.496 e. The Morgan fingerprint density at radius 2 is 1.81 bits per heavy atom. The monoisotopic (exact) mass is 724 g/mol. The van der Waals surface area contributed by atoms with Crippen LogP contribution < -0.4 is 24.4 Å². The summed E-state index contributed by atoms with van der Waals surface area (Å²) < 4.78 is 20.8. The fraction of sp³-hybridized carbons (Fsp3) is 0.242. The number of hydrogen-bond acceptors (Lipinski definition) is 7. The van der Waals surface area contributed by atoms with Gasteiger partial charge in [-0.25, -0.2) is 9.79 Å². The lowest BCUT2D eigenvalue weighted by Gasteiger charge is -2.27. The molecule has 0 fully saturated rings. The van der Waals surface area contributed by atoms with Crippen molar-refractivity contribution in [1.29, 1.82) is 0 Å². The average Bonchev–Trinajstić information content (AvgIpc) is 3.30. The van der Waals surface area contributed by atoms with Crippen molar-refractivity contribution in [3.05, 3.63) is 123 Å². The van der Waals surface area contributed by atoms with Gasteiger partial charge >= 0.3 is 5.97 Å². The first-order chi connectivity index (χ1) is 20.8. The van der Waals surface area contributed by atoms with Crippen LogP contribution in [0.5, 0.6) is 11.5 Å². The first-order valence-electron chi connectivity index (χ1n) is 13.9. The zero-order valence-electron chi connectivity index (χ0n) is 23.9. The van der Waals surface area contributed by atoms with Gasteiger partial charge in [0.05, 0.1) is 34.0 Å². The van der Waals surface area contributed by atoms with Crippen LogP contribution in [0.25, 0.3) is 6.08 Å². The molecule has 0 bridgehead atoms. The Hall–Kier alpha value is -3.47. The normalized spacial score (nSPS) is 14.7. The molecule has 222 valence electrons. The van der Waals surface area contributed by atoms with Crippen molar-refractivity contribution >= 4 is 55.2 Å². The molecule has 10 heteroatoms. The molecule has 0 radical (unpaired) electrons. The van der Waals surface area contributed by atoms with Crippen LogP contribution in [0.3, 0.4) is 0 Å². The number of nitrogens with zero attached hydrogens (tertiary/aromatic N) is 2. The molecule has 0 amide bonds. The maximum Gasteiger partial charge on any atom is 0.338 e. The molecule has 7 nitrogen and oxygen atoms in total. The molecular weight excluding hydrogens is 696 g/mol. The van der Waals surface area contributed by atoms with E-state index in [0.717, 1.165) is 26.5 Å². The summed E-state index contributed by atoms with van der Waals surface area (Å²) >= 11 is 8.46. The number of carbonyl (C=O) groups excluding carboxylic acids is 1. The van der Waals surface area contributed by atoms with Gasteiger partial charge in [-0.15, -0.1) is 0 Å². The molecule has 0 saturated heterocycles. The number of carbonyl (C=O) groups is 1. The summed E-state index contributed by atoms with van der Waals surface area (Å²) in [6, 6.07) is 20.4. The number of rotatable bonds is 10. The number of methoxy groups -OCH3 is 1. The molecule has 1 atom stereocenters. The van der Waals surface area contributed by atoms with Gasteiger partial charge in [-0.1, -0.05) is 77.0 Å². The molecular formula is C33H30Br2N2O5S. The van der Waals surface area contributed by atoms with E-state index < -0.39 is 12.0 Å². The Morgan fingerprint density at radius 3 is 2.51 bits per heavy atom. The highest BCUT2D eigenvalue weighted by Gasteiger charge is 2.36. The molecule has 5 rings (SSSR count). The second-order valence-corrected chi connectivity index (χ2v) is 12.5. The van der Waals surface area contributed by atoms with Gasteiger partial charge in [0, 0.05) is 10.0 Å². The third-order valence-electron chi connectivity index (χ3n) is 6.87. The maximum atomic E-state index is 14.1. The number of fused-ring (bicyclic) bond motifs is 1. The number of allylic oxidation sites excluding steroid dienone is 1. The van der Waals surface area contributed by atoms with Crippen LogP contribution >= 0.6 is 43.2 Å². The second-order valence-electron chi connectivity index (χ2n) is 9.76.